The van der Waals surface area contributed by atoms with Crippen molar-refractivity contribution >= 4 is 50.7 Å². The highest BCUT2D eigenvalue weighted by atomic mass is 32.2. The van der Waals surface area contributed by atoms with Gasteiger partial charge in [0.25, 0.3) is 5.91 Å². The zero-order valence-electron chi connectivity index (χ0n) is 34.6. The topological polar surface area (TPSA) is 210 Å². The average molecular weight is 867 g/mol. The summed E-state index contributed by atoms with van der Waals surface area (Å²) in [6, 6.07) is 2.53. The lowest BCUT2D eigenvalue weighted by molar-refractivity contribution is -0.244. The molecule has 0 radical (unpaired) electrons. The van der Waals surface area contributed by atoms with E-state index in [0.29, 0.717) is 68.6 Å². The van der Waals surface area contributed by atoms with Gasteiger partial charge >= 0.3 is 12.3 Å². The highest BCUT2D eigenvalue weighted by molar-refractivity contribution is 7.91. The zero-order chi connectivity index (χ0) is 43.9. The molecule has 6 rings (SSSR count). The Hall–Kier alpha value is -4.92. The number of nitrogens with zero attached hydrogens (tertiary/aromatic N) is 4. The molecule has 0 bridgehead atoms. The summed E-state index contributed by atoms with van der Waals surface area (Å²) in [5.41, 5.74) is 0.726. The van der Waals surface area contributed by atoms with Crippen molar-refractivity contribution in [1.82, 2.24) is 35.8 Å². The molecule has 4 N–H and O–H groups in total. The molecule has 2 aliphatic heterocycles. The van der Waals surface area contributed by atoms with Crippen LogP contribution in [0.25, 0.3) is 10.9 Å². The number of sulfonamides is 1. The van der Waals surface area contributed by atoms with Crippen molar-refractivity contribution in [2.75, 3.05) is 32.6 Å². The summed E-state index contributed by atoms with van der Waals surface area (Å²) in [7, 11) is 1.01. The van der Waals surface area contributed by atoms with Crippen molar-refractivity contribution in [2.45, 2.75) is 113 Å². The Morgan fingerprint density at radius 3 is 2.43 bits per heavy atom. The number of halogens is 3. The van der Waals surface area contributed by atoms with Crippen LogP contribution in [0, 0.1) is 17.8 Å². The summed E-state index contributed by atoms with van der Waals surface area (Å²) < 4.78 is 85.3. The van der Waals surface area contributed by atoms with Crippen molar-refractivity contribution in [1.29, 1.82) is 0 Å². The van der Waals surface area contributed by atoms with Gasteiger partial charge in [0.05, 0.1) is 29.8 Å². The van der Waals surface area contributed by atoms with Gasteiger partial charge in [-0.3, -0.25) is 24.5 Å². The van der Waals surface area contributed by atoms with E-state index in [1.807, 2.05) is 13.0 Å². The summed E-state index contributed by atoms with van der Waals surface area (Å²) >= 11 is 0. The molecular formula is C39H53F3N8O9S. The summed E-state index contributed by atoms with van der Waals surface area (Å²) in [6.45, 7) is 4.88. The first kappa shape index (κ1) is 44.6. The van der Waals surface area contributed by atoms with E-state index < -0.39 is 86.4 Å². The number of allylic oxidation sites excluding steroid dienone is 1. The van der Waals surface area contributed by atoms with Crippen LogP contribution in [0.3, 0.4) is 0 Å². The Labute approximate surface area is 346 Å². The molecule has 3 heterocycles. The van der Waals surface area contributed by atoms with Gasteiger partial charge < -0.3 is 29.3 Å². The first-order valence-electron chi connectivity index (χ1n) is 19.9. The summed E-state index contributed by atoms with van der Waals surface area (Å²) in [5, 5.41) is 2.62. The second-order valence-corrected chi connectivity index (χ2v) is 19.0. The maximum atomic E-state index is 14.8. The Kier molecular flexibility index (Phi) is 12.5. The average Bonchev–Trinajstić information content (AvgIpc) is 4.09. The third-order valence-electron chi connectivity index (χ3n) is 11.5. The van der Waals surface area contributed by atoms with Crippen LogP contribution in [-0.2, 0) is 29.1 Å². The van der Waals surface area contributed by atoms with Gasteiger partial charge in [0.15, 0.2) is 0 Å². The number of carbonyl (C=O) groups is 4. The molecule has 1 saturated heterocycles. The number of benzene rings is 1. The van der Waals surface area contributed by atoms with E-state index in [1.165, 1.54) is 12.0 Å². The number of anilines is 1. The summed E-state index contributed by atoms with van der Waals surface area (Å²) in [4.78, 5) is 68.1. The molecule has 1 aromatic carbocycles. The molecule has 21 heteroatoms. The summed E-state index contributed by atoms with van der Waals surface area (Å²) in [5.74, 6) is -2.45. The minimum atomic E-state index is -4.89. The smallest absolute Gasteiger partial charge is 0.427 e. The van der Waals surface area contributed by atoms with Gasteiger partial charge in [-0.1, -0.05) is 26.0 Å². The normalized spacial score (nSPS) is 28.3. The van der Waals surface area contributed by atoms with Crippen LogP contribution >= 0.6 is 0 Å². The van der Waals surface area contributed by atoms with E-state index in [0.717, 1.165) is 0 Å². The Balaban J connectivity index is 1.35. The van der Waals surface area contributed by atoms with Crippen LogP contribution in [0.4, 0.5) is 23.9 Å². The van der Waals surface area contributed by atoms with Crippen LogP contribution in [-0.4, -0.2) is 116 Å². The molecule has 2 saturated carbocycles. The van der Waals surface area contributed by atoms with Crippen LogP contribution in [0.1, 0.15) is 72.6 Å². The van der Waals surface area contributed by atoms with E-state index in [4.69, 9.17) is 9.47 Å². The fourth-order valence-electron chi connectivity index (χ4n) is 7.59. The van der Waals surface area contributed by atoms with Crippen molar-refractivity contribution in [3.63, 3.8) is 0 Å². The van der Waals surface area contributed by atoms with Gasteiger partial charge in [-0.15, -0.1) is 0 Å². The van der Waals surface area contributed by atoms with E-state index in [2.05, 4.69) is 35.6 Å². The quantitative estimate of drug-likeness (QED) is 0.199. The van der Waals surface area contributed by atoms with Gasteiger partial charge in [0.2, 0.25) is 39.3 Å². The molecule has 4 amide bonds. The SMILES string of the molecule is COc1ccc2c(O[C@@H]3C[C@H]4C(=O)N[C@]5(C(=O)NS(=O)(=O)C6CC6)C[C@H]5/C=C\CC[C@H](C)C[C@@H](C)[C@H](NNC(=O)OC(C)(C)C(F)(F)F)C(=O)N4C3)nc(N(C)C)nc2c1. The lowest BCUT2D eigenvalue weighted by atomic mass is 9.88. The number of amides is 4. The molecule has 7 atom stereocenters. The minimum absolute atomic E-state index is 0.000267. The van der Waals surface area contributed by atoms with E-state index >= 15 is 0 Å². The highest BCUT2D eigenvalue weighted by Gasteiger charge is 2.62. The Morgan fingerprint density at radius 2 is 1.78 bits per heavy atom. The number of rotatable bonds is 10. The number of ether oxygens (including phenoxy) is 3. The van der Waals surface area contributed by atoms with Crippen LogP contribution in [0.5, 0.6) is 11.6 Å². The highest BCUT2D eigenvalue weighted by Crippen LogP contribution is 2.46. The predicted octanol–water partition coefficient (Wildman–Crippen LogP) is 3.49. The Morgan fingerprint density at radius 1 is 1.07 bits per heavy atom. The molecule has 3 fully saturated rings. The second-order valence-electron chi connectivity index (χ2n) is 17.0. The third kappa shape index (κ3) is 9.66. The number of aromatic nitrogens is 2. The molecular weight excluding hydrogens is 814 g/mol. The maximum absolute atomic E-state index is 14.8. The zero-order valence-corrected chi connectivity index (χ0v) is 35.4. The molecule has 330 valence electrons. The number of hydrazine groups is 1. The number of fused-ring (bicyclic) bond motifs is 3. The number of hydrogen-bond acceptors (Lipinski definition) is 13. The molecule has 0 unspecified atom stereocenters. The molecule has 17 nitrogen and oxygen atoms in total. The van der Waals surface area contributed by atoms with Crippen molar-refractivity contribution < 1.29 is 55.0 Å². The van der Waals surface area contributed by atoms with Crippen molar-refractivity contribution in [3.8, 4) is 11.6 Å². The first-order valence-corrected chi connectivity index (χ1v) is 21.5. The second kappa shape index (κ2) is 16.9. The fourth-order valence-corrected chi connectivity index (χ4v) is 8.96. The van der Waals surface area contributed by atoms with Crippen molar-refractivity contribution in [3.05, 3.63) is 30.4 Å². The van der Waals surface area contributed by atoms with Crippen LogP contribution < -0.4 is 35.3 Å². The molecule has 2 aliphatic carbocycles. The monoisotopic (exact) mass is 866 g/mol. The Bertz CT molecular complexity index is 2130. The standard InChI is InChI=1S/C39H53F3N8O9S/c1-21-10-8-9-11-23-19-38(23,34(53)48-60(55,56)26-13-14-26)45-31(51)29-18-25(58-32-27-15-12-24(57-7)17-28(27)43-35(44-32)49(5)6)20-50(29)33(52)30(22(2)16-21)46-47-36(54)59-37(3,4)39(40,41)42/h9,11-12,15,17,21-23,25-26,29-30,46H,8,10,13-14,16,18-20H2,1-7H3,(H,45,51)(H,47,54)(H,48,53)/b11-9-/t21-,22+,23+,25+,29-,30-,38+/m0/s1. The number of methoxy groups -OCH3 is 1. The first-order chi connectivity index (χ1) is 28.0. The molecule has 60 heavy (non-hydrogen) atoms. The van der Waals surface area contributed by atoms with E-state index in [9.17, 15) is 40.8 Å². The minimum Gasteiger partial charge on any atom is -0.497 e. The van der Waals surface area contributed by atoms with Gasteiger partial charge in [0, 0.05) is 32.5 Å². The number of alkyl halides is 3. The number of carbonyl (C=O) groups excluding carboxylic acids is 4. The van der Waals surface area contributed by atoms with Crippen LogP contribution in [0.2, 0.25) is 0 Å². The molecule has 4 aliphatic rings. The predicted molar refractivity (Wildman–Crippen MR) is 212 cm³/mol. The van der Waals surface area contributed by atoms with Gasteiger partial charge in [-0.2, -0.15) is 18.2 Å². The van der Waals surface area contributed by atoms with E-state index in [-0.39, 0.29) is 31.2 Å². The third-order valence-corrected chi connectivity index (χ3v) is 13.3. The molecule has 1 aromatic heterocycles. The van der Waals surface area contributed by atoms with Crippen LogP contribution in [0.15, 0.2) is 30.4 Å². The van der Waals surface area contributed by atoms with Crippen molar-refractivity contribution in [2.24, 2.45) is 17.8 Å². The molecule has 2 aromatic rings. The number of hydrogen-bond donors (Lipinski definition) is 4. The lowest BCUT2D eigenvalue weighted by Gasteiger charge is -2.33. The largest absolute Gasteiger partial charge is 0.497 e. The lowest BCUT2D eigenvalue weighted by Crippen LogP contribution is -2.60. The molecule has 0 spiro atoms. The fraction of sp³-hybridized carbons (Fsp3) is 0.641. The van der Waals surface area contributed by atoms with Gasteiger partial charge in [0.1, 0.15) is 29.5 Å². The van der Waals surface area contributed by atoms with E-state index in [1.54, 1.807) is 50.2 Å². The van der Waals surface area contributed by atoms with Gasteiger partial charge in [-0.05, 0) is 76.3 Å². The van der Waals surface area contributed by atoms with Gasteiger partial charge in [-0.25, -0.2) is 23.6 Å². The number of nitrogens with one attached hydrogen (secondary N) is 4. The maximum Gasteiger partial charge on any atom is 0.427 e. The summed E-state index contributed by atoms with van der Waals surface area (Å²) in [6.07, 6.45) is -1.14.